The summed E-state index contributed by atoms with van der Waals surface area (Å²) in [5.41, 5.74) is 0. The molecule has 0 aliphatic heterocycles. The lowest BCUT2D eigenvalue weighted by Gasteiger charge is -2.01. The first-order valence-electron chi connectivity index (χ1n) is 4.37. The van der Waals surface area contributed by atoms with Crippen molar-refractivity contribution in [2.75, 3.05) is 13.1 Å². The molecular weight excluding hydrogens is 168 g/mol. The predicted octanol–water partition coefficient (Wildman–Crippen LogP) is 0.451. The molecule has 0 unspecified atom stereocenters. The van der Waals surface area contributed by atoms with Crippen LogP contribution < -0.4 is 10.6 Å². The summed E-state index contributed by atoms with van der Waals surface area (Å²) in [5.74, 6) is -0.529. The van der Waals surface area contributed by atoms with E-state index in [1.807, 2.05) is 20.8 Å². The van der Waals surface area contributed by atoms with Crippen LogP contribution in [0, 0.1) is 0 Å². The summed E-state index contributed by atoms with van der Waals surface area (Å²) in [6, 6.07) is 0. The van der Waals surface area contributed by atoms with Gasteiger partial charge in [0.1, 0.15) is 0 Å². The van der Waals surface area contributed by atoms with Crippen LogP contribution in [-0.2, 0) is 9.59 Å². The van der Waals surface area contributed by atoms with Gasteiger partial charge in [-0.2, -0.15) is 0 Å². The third kappa shape index (κ3) is 10.7. The maximum Gasteiger partial charge on any atom is 0.243 e. The predicted molar refractivity (Wildman–Crippen MR) is 53.2 cm³/mol. The molecule has 0 saturated carbocycles. The molecule has 2 N–H and O–H groups in total. The van der Waals surface area contributed by atoms with Gasteiger partial charge in [0.2, 0.25) is 11.8 Å². The second-order valence-corrected chi connectivity index (χ2v) is 1.88. The van der Waals surface area contributed by atoms with E-state index >= 15 is 0 Å². The van der Waals surface area contributed by atoms with E-state index in [4.69, 9.17) is 0 Å². The van der Waals surface area contributed by atoms with Crippen LogP contribution in [-0.4, -0.2) is 24.9 Å². The maximum absolute atomic E-state index is 10.7. The van der Waals surface area contributed by atoms with E-state index in [0.717, 1.165) is 6.08 Å². The van der Waals surface area contributed by atoms with Crippen molar-refractivity contribution < 1.29 is 9.59 Å². The fraction of sp³-hybridized carbons (Fsp3) is 0.556. The molecule has 0 bridgehead atoms. The Kier molecular flexibility index (Phi) is 11.7. The minimum absolute atomic E-state index is 0.0126. The van der Waals surface area contributed by atoms with Crippen LogP contribution in [0.15, 0.2) is 12.7 Å². The molecular formula is C9H18N2O2. The average Bonchev–Trinajstić information content (AvgIpc) is 2.18. The van der Waals surface area contributed by atoms with Crippen LogP contribution in [0.1, 0.15) is 20.8 Å². The van der Waals surface area contributed by atoms with Crippen molar-refractivity contribution in [3.8, 4) is 0 Å². The quantitative estimate of drug-likeness (QED) is 0.626. The van der Waals surface area contributed by atoms with E-state index in [1.54, 1.807) is 0 Å². The van der Waals surface area contributed by atoms with Crippen molar-refractivity contribution in [3.63, 3.8) is 0 Å². The number of nitrogens with one attached hydrogen (secondary N) is 2. The van der Waals surface area contributed by atoms with E-state index in [2.05, 4.69) is 17.2 Å². The Morgan fingerprint density at radius 3 is 2.23 bits per heavy atom. The zero-order valence-electron chi connectivity index (χ0n) is 8.52. The van der Waals surface area contributed by atoms with Gasteiger partial charge >= 0.3 is 0 Å². The molecule has 4 heteroatoms. The second-order valence-electron chi connectivity index (χ2n) is 1.88. The number of amides is 2. The van der Waals surface area contributed by atoms with Crippen LogP contribution in [0.4, 0.5) is 0 Å². The summed E-state index contributed by atoms with van der Waals surface area (Å²) < 4.78 is 0. The van der Waals surface area contributed by atoms with Crippen molar-refractivity contribution in [1.29, 1.82) is 0 Å². The monoisotopic (exact) mass is 186 g/mol. The lowest BCUT2D eigenvalue weighted by Crippen LogP contribution is -2.35. The summed E-state index contributed by atoms with van der Waals surface area (Å²) in [7, 11) is 0. The van der Waals surface area contributed by atoms with Gasteiger partial charge in [-0.3, -0.25) is 9.59 Å². The fourth-order valence-corrected chi connectivity index (χ4v) is 0.499. The lowest BCUT2D eigenvalue weighted by atomic mass is 10.5. The first-order chi connectivity index (χ1) is 6.20. The molecule has 0 aliphatic carbocycles. The summed E-state index contributed by atoms with van der Waals surface area (Å²) >= 11 is 0. The molecule has 0 atom stereocenters. The Morgan fingerprint density at radius 2 is 1.85 bits per heavy atom. The van der Waals surface area contributed by atoms with Gasteiger partial charge in [-0.1, -0.05) is 20.4 Å². The van der Waals surface area contributed by atoms with E-state index < -0.39 is 0 Å². The van der Waals surface area contributed by atoms with Crippen LogP contribution in [0.25, 0.3) is 0 Å². The highest BCUT2D eigenvalue weighted by molar-refractivity contribution is 5.90. The summed E-state index contributed by atoms with van der Waals surface area (Å²) in [5, 5.41) is 4.88. The van der Waals surface area contributed by atoms with Crippen LogP contribution in [0.3, 0.4) is 0 Å². The normalized spacial score (nSPS) is 7.62. The van der Waals surface area contributed by atoms with Gasteiger partial charge in [0.25, 0.3) is 0 Å². The zero-order valence-corrected chi connectivity index (χ0v) is 8.52. The van der Waals surface area contributed by atoms with E-state index in [0.29, 0.717) is 6.54 Å². The molecule has 2 amide bonds. The largest absolute Gasteiger partial charge is 0.355 e. The molecule has 0 aromatic carbocycles. The molecule has 0 fully saturated rings. The first-order valence-corrected chi connectivity index (χ1v) is 4.37. The number of hydrogen-bond acceptors (Lipinski definition) is 2. The SMILES string of the molecule is C=CC(=O)NCC(=O)NCC.CC. The first kappa shape index (κ1) is 14.2. The second kappa shape index (κ2) is 10.7. The lowest BCUT2D eigenvalue weighted by molar-refractivity contribution is -0.123. The smallest absolute Gasteiger partial charge is 0.243 e. The third-order valence-corrected chi connectivity index (χ3v) is 0.983. The molecule has 0 spiro atoms. The molecule has 0 aromatic rings. The van der Waals surface area contributed by atoms with Crippen LogP contribution >= 0.6 is 0 Å². The van der Waals surface area contributed by atoms with Crippen molar-refractivity contribution in [2.45, 2.75) is 20.8 Å². The molecule has 76 valence electrons. The Morgan fingerprint density at radius 1 is 1.31 bits per heavy atom. The topological polar surface area (TPSA) is 58.2 Å². The molecule has 0 radical (unpaired) electrons. The van der Waals surface area contributed by atoms with Gasteiger partial charge < -0.3 is 10.6 Å². The van der Waals surface area contributed by atoms with E-state index in [9.17, 15) is 9.59 Å². The van der Waals surface area contributed by atoms with Crippen molar-refractivity contribution in [1.82, 2.24) is 10.6 Å². The van der Waals surface area contributed by atoms with Crippen molar-refractivity contribution >= 4 is 11.8 Å². The fourth-order valence-electron chi connectivity index (χ4n) is 0.499. The number of carbonyl (C=O) groups excluding carboxylic acids is 2. The number of rotatable bonds is 4. The van der Waals surface area contributed by atoms with Gasteiger partial charge in [0.05, 0.1) is 6.54 Å². The molecule has 0 heterocycles. The summed E-state index contributed by atoms with van der Waals surface area (Å²) in [6.07, 6.45) is 1.12. The Hall–Kier alpha value is -1.32. The van der Waals surface area contributed by atoms with Crippen LogP contribution in [0.5, 0.6) is 0 Å². The maximum atomic E-state index is 10.7. The van der Waals surface area contributed by atoms with Gasteiger partial charge in [0.15, 0.2) is 0 Å². The van der Waals surface area contributed by atoms with Gasteiger partial charge in [-0.15, -0.1) is 0 Å². The van der Waals surface area contributed by atoms with E-state index in [1.165, 1.54) is 0 Å². The highest BCUT2D eigenvalue weighted by Crippen LogP contribution is 1.67. The Bertz CT molecular complexity index is 167. The van der Waals surface area contributed by atoms with Crippen molar-refractivity contribution in [3.05, 3.63) is 12.7 Å². The molecule has 0 aromatic heterocycles. The van der Waals surface area contributed by atoms with Gasteiger partial charge in [-0.05, 0) is 13.0 Å². The minimum atomic E-state index is -0.337. The van der Waals surface area contributed by atoms with Crippen LogP contribution in [0.2, 0.25) is 0 Å². The number of carbonyl (C=O) groups is 2. The van der Waals surface area contributed by atoms with Gasteiger partial charge in [0, 0.05) is 6.54 Å². The average molecular weight is 186 g/mol. The molecule has 0 saturated heterocycles. The third-order valence-electron chi connectivity index (χ3n) is 0.983. The zero-order chi connectivity index (χ0) is 10.7. The highest BCUT2D eigenvalue weighted by atomic mass is 16.2. The van der Waals surface area contributed by atoms with E-state index in [-0.39, 0.29) is 18.4 Å². The number of hydrogen-bond donors (Lipinski definition) is 2. The summed E-state index contributed by atoms with van der Waals surface area (Å²) in [4.78, 5) is 21.2. The summed E-state index contributed by atoms with van der Waals surface area (Å²) in [6.45, 7) is 9.64. The Labute approximate surface area is 79.4 Å². The standard InChI is InChI=1S/C7H12N2O2.C2H6/c1-3-6(10)9-5-7(11)8-4-2;1-2/h3H,1,4-5H2,2H3,(H,8,11)(H,9,10);1-2H3. The Balaban J connectivity index is 0. The molecule has 0 rings (SSSR count). The highest BCUT2D eigenvalue weighted by Gasteiger charge is 1.99. The molecule has 4 nitrogen and oxygen atoms in total. The molecule has 13 heavy (non-hydrogen) atoms. The van der Waals surface area contributed by atoms with Gasteiger partial charge in [-0.25, -0.2) is 0 Å². The van der Waals surface area contributed by atoms with Crippen molar-refractivity contribution in [2.24, 2.45) is 0 Å². The number of likely N-dealkylation sites (N-methyl/N-ethyl adjacent to an activating group) is 1. The minimum Gasteiger partial charge on any atom is -0.355 e. The molecule has 0 aliphatic rings.